The molecule has 2 aliphatic rings. The number of anilines is 1. The molecular weight excluding hydrogens is 344 g/mol. The van der Waals surface area contributed by atoms with Crippen LogP contribution in [0.3, 0.4) is 0 Å². The van der Waals surface area contributed by atoms with Gasteiger partial charge in [-0.2, -0.15) is 0 Å². The van der Waals surface area contributed by atoms with Gasteiger partial charge in [0.15, 0.2) is 5.60 Å². The number of likely N-dealkylation sites (tertiary alicyclic amines) is 1. The summed E-state index contributed by atoms with van der Waals surface area (Å²) in [6.07, 6.45) is 1.15. The van der Waals surface area contributed by atoms with Crippen molar-refractivity contribution in [2.24, 2.45) is 0 Å². The Kier molecular flexibility index (Phi) is 4.87. The quantitative estimate of drug-likeness (QED) is 0.748. The molecule has 1 aromatic rings. The van der Waals surface area contributed by atoms with Gasteiger partial charge in [-0.25, -0.2) is 4.79 Å². The van der Waals surface area contributed by atoms with Crippen LogP contribution < -0.4 is 9.64 Å². The summed E-state index contributed by atoms with van der Waals surface area (Å²) in [4.78, 5) is 29.0. The molecule has 0 saturated carbocycles. The highest BCUT2D eigenvalue weighted by Crippen LogP contribution is 2.41. The van der Waals surface area contributed by atoms with E-state index in [1.54, 1.807) is 18.7 Å². The van der Waals surface area contributed by atoms with Crippen LogP contribution >= 0.6 is 0 Å². The van der Waals surface area contributed by atoms with E-state index in [1.165, 1.54) is 0 Å². The highest BCUT2D eigenvalue weighted by Gasteiger charge is 2.44. The number of rotatable bonds is 1. The van der Waals surface area contributed by atoms with E-state index >= 15 is 0 Å². The van der Waals surface area contributed by atoms with Crippen molar-refractivity contribution in [1.29, 1.82) is 0 Å². The first kappa shape index (κ1) is 19.5. The van der Waals surface area contributed by atoms with Crippen LogP contribution in [0.5, 0.6) is 5.75 Å². The van der Waals surface area contributed by atoms with Crippen molar-refractivity contribution >= 4 is 17.7 Å². The average molecular weight is 374 g/mol. The third-order valence-electron chi connectivity index (χ3n) is 4.95. The molecule has 2 heterocycles. The number of aryl methyl sites for hydroxylation is 1. The fraction of sp³-hybridized carbons (Fsp3) is 0.619. The monoisotopic (exact) mass is 374 g/mol. The van der Waals surface area contributed by atoms with E-state index in [0.29, 0.717) is 25.9 Å². The Bertz CT molecular complexity index is 743. The molecule has 6 heteroatoms. The number of amides is 2. The fourth-order valence-electron chi connectivity index (χ4n) is 3.62. The molecule has 1 aromatic carbocycles. The number of carbonyl (C=O) groups excluding carboxylic acids is 2. The summed E-state index contributed by atoms with van der Waals surface area (Å²) < 4.78 is 11.4. The molecule has 0 spiro atoms. The highest BCUT2D eigenvalue weighted by molar-refractivity contribution is 6.03. The van der Waals surface area contributed by atoms with Gasteiger partial charge in [-0.3, -0.25) is 4.79 Å². The minimum atomic E-state index is -0.898. The Hall–Kier alpha value is -2.24. The molecule has 1 saturated heterocycles. The van der Waals surface area contributed by atoms with E-state index in [-0.39, 0.29) is 18.0 Å². The highest BCUT2D eigenvalue weighted by atomic mass is 16.6. The largest absolute Gasteiger partial charge is 0.476 e. The van der Waals surface area contributed by atoms with Gasteiger partial charge in [0, 0.05) is 19.1 Å². The summed E-state index contributed by atoms with van der Waals surface area (Å²) in [6.45, 7) is 12.4. The predicted molar refractivity (Wildman–Crippen MR) is 104 cm³/mol. The standard InChI is InChI=1S/C21H30N2O4/c1-14-7-8-17-16(13-14)23(18(24)21(5,6)26-17)15-9-11-22(12-10-15)19(25)27-20(2,3)4/h7-8,13,15H,9-12H2,1-6H3. The van der Waals surface area contributed by atoms with Crippen LogP contribution in [0.4, 0.5) is 10.5 Å². The maximum atomic E-state index is 13.1. The van der Waals surface area contributed by atoms with E-state index in [9.17, 15) is 9.59 Å². The summed E-state index contributed by atoms with van der Waals surface area (Å²) in [7, 11) is 0. The minimum Gasteiger partial charge on any atom is -0.476 e. The van der Waals surface area contributed by atoms with Crippen LogP contribution in [0, 0.1) is 6.92 Å². The topological polar surface area (TPSA) is 59.1 Å². The molecule has 1 fully saturated rings. The van der Waals surface area contributed by atoms with E-state index < -0.39 is 11.2 Å². The van der Waals surface area contributed by atoms with Gasteiger partial charge in [-0.05, 0) is 72.1 Å². The third kappa shape index (κ3) is 4.04. The Labute approximate surface area is 161 Å². The number of fused-ring (bicyclic) bond motifs is 1. The van der Waals surface area contributed by atoms with E-state index in [1.807, 2.05) is 50.8 Å². The number of hydrogen-bond acceptors (Lipinski definition) is 4. The summed E-state index contributed by atoms with van der Waals surface area (Å²) in [6, 6.07) is 5.97. The zero-order valence-electron chi connectivity index (χ0n) is 17.2. The summed E-state index contributed by atoms with van der Waals surface area (Å²) in [5.74, 6) is 0.705. The van der Waals surface area contributed by atoms with Crippen LogP contribution in [0.15, 0.2) is 18.2 Å². The molecule has 0 radical (unpaired) electrons. The van der Waals surface area contributed by atoms with Crippen LogP contribution in [0.25, 0.3) is 0 Å². The van der Waals surface area contributed by atoms with Crippen molar-refractivity contribution < 1.29 is 19.1 Å². The van der Waals surface area contributed by atoms with E-state index in [4.69, 9.17) is 9.47 Å². The number of ether oxygens (including phenoxy) is 2. The average Bonchev–Trinajstić information content (AvgIpc) is 2.55. The van der Waals surface area contributed by atoms with Crippen molar-refractivity contribution in [3.63, 3.8) is 0 Å². The lowest BCUT2D eigenvalue weighted by Crippen LogP contribution is -2.58. The lowest BCUT2D eigenvalue weighted by molar-refractivity contribution is -0.133. The number of hydrogen-bond donors (Lipinski definition) is 0. The first-order valence-corrected chi connectivity index (χ1v) is 9.59. The molecule has 0 unspecified atom stereocenters. The molecule has 2 amide bonds. The van der Waals surface area contributed by atoms with Crippen LogP contribution in [0.2, 0.25) is 0 Å². The van der Waals surface area contributed by atoms with Crippen molar-refractivity contribution in [3.8, 4) is 5.75 Å². The zero-order valence-corrected chi connectivity index (χ0v) is 17.2. The smallest absolute Gasteiger partial charge is 0.410 e. The molecular formula is C21H30N2O4. The second-order valence-corrected chi connectivity index (χ2v) is 8.96. The molecule has 2 aliphatic heterocycles. The van der Waals surface area contributed by atoms with Gasteiger partial charge in [0.1, 0.15) is 11.4 Å². The van der Waals surface area contributed by atoms with Gasteiger partial charge >= 0.3 is 6.09 Å². The first-order chi connectivity index (χ1) is 12.5. The molecule has 0 aromatic heterocycles. The van der Waals surface area contributed by atoms with Crippen LogP contribution in [0.1, 0.15) is 53.0 Å². The third-order valence-corrected chi connectivity index (χ3v) is 4.95. The minimum absolute atomic E-state index is 0.0312. The number of piperidine rings is 1. The van der Waals surface area contributed by atoms with Gasteiger partial charge in [-0.1, -0.05) is 6.07 Å². The Morgan fingerprint density at radius 1 is 1.22 bits per heavy atom. The molecule has 27 heavy (non-hydrogen) atoms. The maximum absolute atomic E-state index is 13.1. The van der Waals surface area contributed by atoms with E-state index in [2.05, 4.69) is 0 Å². The normalized spacial score (nSPS) is 20.1. The lowest BCUT2D eigenvalue weighted by Gasteiger charge is -2.45. The van der Waals surface area contributed by atoms with E-state index in [0.717, 1.165) is 17.0 Å². The number of nitrogens with zero attached hydrogens (tertiary/aromatic N) is 2. The van der Waals surface area contributed by atoms with Gasteiger partial charge < -0.3 is 19.3 Å². The first-order valence-electron chi connectivity index (χ1n) is 9.59. The Balaban J connectivity index is 1.78. The molecule has 0 bridgehead atoms. The summed E-state index contributed by atoms with van der Waals surface area (Å²) >= 11 is 0. The van der Waals surface area contributed by atoms with Crippen molar-refractivity contribution in [2.75, 3.05) is 18.0 Å². The molecule has 0 N–H and O–H groups in total. The van der Waals surface area contributed by atoms with Crippen molar-refractivity contribution in [1.82, 2.24) is 4.90 Å². The molecule has 3 rings (SSSR count). The van der Waals surface area contributed by atoms with Crippen LogP contribution in [-0.4, -0.2) is 47.2 Å². The van der Waals surface area contributed by atoms with Crippen LogP contribution in [-0.2, 0) is 9.53 Å². The second-order valence-electron chi connectivity index (χ2n) is 8.96. The number of carbonyl (C=O) groups is 2. The summed E-state index contributed by atoms with van der Waals surface area (Å²) in [5.41, 5.74) is 0.509. The van der Waals surface area contributed by atoms with Crippen molar-refractivity contribution in [3.05, 3.63) is 23.8 Å². The molecule has 0 atom stereocenters. The molecule has 0 aliphatic carbocycles. The van der Waals surface area contributed by atoms with Gasteiger partial charge in [0.25, 0.3) is 5.91 Å². The Morgan fingerprint density at radius 2 is 1.85 bits per heavy atom. The van der Waals surface area contributed by atoms with Gasteiger partial charge in [0.05, 0.1) is 5.69 Å². The molecule has 6 nitrogen and oxygen atoms in total. The number of benzene rings is 1. The fourth-order valence-corrected chi connectivity index (χ4v) is 3.62. The second kappa shape index (κ2) is 6.73. The molecule has 148 valence electrons. The maximum Gasteiger partial charge on any atom is 0.410 e. The predicted octanol–water partition coefficient (Wildman–Crippen LogP) is 3.90. The van der Waals surface area contributed by atoms with Crippen molar-refractivity contribution in [2.45, 2.75) is 71.6 Å². The van der Waals surface area contributed by atoms with Gasteiger partial charge in [-0.15, -0.1) is 0 Å². The zero-order chi connectivity index (χ0) is 20.0. The Morgan fingerprint density at radius 3 is 2.44 bits per heavy atom. The lowest BCUT2D eigenvalue weighted by atomic mass is 9.96. The SMILES string of the molecule is Cc1ccc2c(c1)N(C1CCN(C(=O)OC(C)(C)C)CC1)C(=O)C(C)(C)O2. The summed E-state index contributed by atoms with van der Waals surface area (Å²) in [5, 5.41) is 0. The van der Waals surface area contributed by atoms with Gasteiger partial charge in [0.2, 0.25) is 0 Å².